The van der Waals surface area contributed by atoms with Crippen LogP contribution in [0.15, 0.2) is 60.7 Å². The van der Waals surface area contributed by atoms with Gasteiger partial charge in [-0.25, -0.2) is 4.68 Å². The molecule has 1 fully saturated rings. The standard InChI is InChI=1S/C18H20N6S/c25-18-23(19-20-24(18)17-9-5-2-6-10-17)15-21-11-13-22(14-12-21)16-7-3-1-4-8-16/h1-10H,11-15H2. The van der Waals surface area contributed by atoms with Crippen LogP contribution in [0.3, 0.4) is 0 Å². The molecule has 1 aromatic heterocycles. The van der Waals surface area contributed by atoms with Crippen LogP contribution in [0.2, 0.25) is 0 Å². The molecule has 0 amide bonds. The van der Waals surface area contributed by atoms with Crippen molar-refractivity contribution in [2.75, 3.05) is 31.1 Å². The van der Waals surface area contributed by atoms with Gasteiger partial charge in [-0.2, -0.15) is 4.68 Å². The van der Waals surface area contributed by atoms with E-state index < -0.39 is 0 Å². The van der Waals surface area contributed by atoms with Gasteiger partial charge in [-0.1, -0.05) is 36.4 Å². The first-order chi connectivity index (χ1) is 12.3. The van der Waals surface area contributed by atoms with Crippen molar-refractivity contribution in [3.8, 4) is 5.69 Å². The Morgan fingerprint density at radius 2 is 1.36 bits per heavy atom. The average Bonchev–Trinajstić information content (AvgIpc) is 3.04. The molecule has 0 aliphatic carbocycles. The van der Waals surface area contributed by atoms with Crippen LogP contribution in [-0.2, 0) is 6.67 Å². The first-order valence-electron chi connectivity index (χ1n) is 8.42. The second-order valence-corrected chi connectivity index (χ2v) is 6.46. The maximum Gasteiger partial charge on any atom is 0.221 e. The topological polar surface area (TPSA) is 42.1 Å². The molecule has 0 atom stereocenters. The first-order valence-corrected chi connectivity index (χ1v) is 8.83. The van der Waals surface area contributed by atoms with Crippen LogP contribution in [0.4, 0.5) is 5.69 Å². The van der Waals surface area contributed by atoms with Crippen molar-refractivity contribution in [2.24, 2.45) is 0 Å². The van der Waals surface area contributed by atoms with E-state index in [4.69, 9.17) is 12.2 Å². The highest BCUT2D eigenvalue weighted by atomic mass is 32.1. The van der Waals surface area contributed by atoms with Gasteiger partial charge in [0.15, 0.2) is 0 Å². The molecule has 0 saturated carbocycles. The quantitative estimate of drug-likeness (QED) is 0.675. The minimum atomic E-state index is 0.622. The van der Waals surface area contributed by atoms with Gasteiger partial charge in [0, 0.05) is 31.9 Å². The fourth-order valence-electron chi connectivity index (χ4n) is 3.07. The van der Waals surface area contributed by atoms with Gasteiger partial charge in [-0.15, -0.1) is 0 Å². The molecule has 6 nitrogen and oxygen atoms in total. The molecular formula is C18H20N6S. The number of rotatable bonds is 4. The maximum atomic E-state index is 5.54. The zero-order chi connectivity index (χ0) is 17.1. The van der Waals surface area contributed by atoms with E-state index in [0.717, 1.165) is 31.9 Å². The molecule has 7 heteroatoms. The van der Waals surface area contributed by atoms with Crippen LogP contribution in [0, 0.1) is 4.77 Å². The highest BCUT2D eigenvalue weighted by Crippen LogP contribution is 2.16. The summed E-state index contributed by atoms with van der Waals surface area (Å²) in [4.78, 5) is 4.77. The molecule has 0 spiro atoms. The lowest BCUT2D eigenvalue weighted by Gasteiger charge is -2.35. The Balaban J connectivity index is 1.41. The Kier molecular flexibility index (Phi) is 4.58. The molecule has 2 heterocycles. The van der Waals surface area contributed by atoms with Crippen LogP contribution >= 0.6 is 12.2 Å². The number of benzene rings is 2. The molecular weight excluding hydrogens is 332 g/mol. The summed E-state index contributed by atoms with van der Waals surface area (Å²) in [6.07, 6.45) is 0. The predicted octanol–water partition coefficient (Wildman–Crippen LogP) is 2.58. The van der Waals surface area contributed by atoms with E-state index in [9.17, 15) is 0 Å². The van der Waals surface area contributed by atoms with E-state index >= 15 is 0 Å². The number of tetrazole rings is 1. The predicted molar refractivity (Wildman–Crippen MR) is 100 cm³/mol. The van der Waals surface area contributed by atoms with Gasteiger partial charge in [0.2, 0.25) is 4.77 Å². The molecule has 4 rings (SSSR count). The number of anilines is 1. The second-order valence-electron chi connectivity index (χ2n) is 6.09. The molecule has 25 heavy (non-hydrogen) atoms. The van der Waals surface area contributed by atoms with Gasteiger partial charge < -0.3 is 4.90 Å². The minimum Gasteiger partial charge on any atom is -0.369 e. The third-order valence-corrected chi connectivity index (χ3v) is 4.85. The number of nitrogens with zero attached hydrogens (tertiary/aromatic N) is 6. The van der Waals surface area contributed by atoms with Gasteiger partial charge >= 0.3 is 0 Å². The molecule has 1 aliphatic rings. The van der Waals surface area contributed by atoms with Crippen LogP contribution in [-0.4, -0.2) is 50.9 Å². The Morgan fingerprint density at radius 3 is 2.00 bits per heavy atom. The van der Waals surface area contributed by atoms with E-state index in [2.05, 4.69) is 50.6 Å². The van der Waals surface area contributed by atoms with Crippen molar-refractivity contribution in [1.82, 2.24) is 24.7 Å². The van der Waals surface area contributed by atoms with Gasteiger partial charge in [-0.3, -0.25) is 4.90 Å². The van der Waals surface area contributed by atoms with E-state index in [1.165, 1.54) is 5.69 Å². The van der Waals surface area contributed by atoms with Crippen LogP contribution < -0.4 is 4.90 Å². The van der Waals surface area contributed by atoms with E-state index in [0.29, 0.717) is 11.4 Å². The minimum absolute atomic E-state index is 0.622. The van der Waals surface area contributed by atoms with Crippen molar-refractivity contribution in [1.29, 1.82) is 0 Å². The lowest BCUT2D eigenvalue weighted by molar-refractivity contribution is 0.193. The number of hydrogen-bond acceptors (Lipinski definition) is 5. The first kappa shape index (κ1) is 16.0. The summed E-state index contributed by atoms with van der Waals surface area (Å²) in [6, 6.07) is 20.4. The largest absolute Gasteiger partial charge is 0.369 e. The van der Waals surface area contributed by atoms with Crippen molar-refractivity contribution >= 4 is 17.9 Å². The monoisotopic (exact) mass is 352 g/mol. The van der Waals surface area contributed by atoms with Gasteiger partial charge in [0.05, 0.1) is 12.4 Å². The van der Waals surface area contributed by atoms with Crippen LogP contribution in [0.1, 0.15) is 0 Å². The molecule has 1 aliphatic heterocycles. The molecule has 0 radical (unpaired) electrons. The number of hydrogen-bond donors (Lipinski definition) is 0. The second kappa shape index (κ2) is 7.16. The lowest BCUT2D eigenvalue weighted by Crippen LogP contribution is -2.47. The average molecular weight is 352 g/mol. The maximum absolute atomic E-state index is 5.54. The summed E-state index contributed by atoms with van der Waals surface area (Å²) in [5.74, 6) is 0. The summed E-state index contributed by atoms with van der Waals surface area (Å²) in [5.41, 5.74) is 2.22. The van der Waals surface area contributed by atoms with Crippen molar-refractivity contribution in [2.45, 2.75) is 6.67 Å². The summed E-state index contributed by atoms with van der Waals surface area (Å²) in [6.45, 7) is 4.65. The number of para-hydroxylation sites is 2. The lowest BCUT2D eigenvalue weighted by atomic mass is 10.2. The fraction of sp³-hybridized carbons (Fsp3) is 0.278. The van der Waals surface area contributed by atoms with Gasteiger partial charge in [0.1, 0.15) is 0 Å². The highest BCUT2D eigenvalue weighted by Gasteiger charge is 2.18. The summed E-state index contributed by atoms with van der Waals surface area (Å²) in [5, 5.41) is 8.44. The highest BCUT2D eigenvalue weighted by molar-refractivity contribution is 7.71. The smallest absolute Gasteiger partial charge is 0.221 e. The van der Waals surface area contributed by atoms with E-state index in [1.54, 1.807) is 9.36 Å². The summed E-state index contributed by atoms with van der Waals surface area (Å²) >= 11 is 5.54. The Labute approximate surface area is 151 Å². The van der Waals surface area contributed by atoms with Gasteiger partial charge in [-0.05, 0) is 46.9 Å². The Hall–Kier alpha value is -2.51. The van der Waals surface area contributed by atoms with Crippen LogP contribution in [0.5, 0.6) is 0 Å². The third kappa shape index (κ3) is 3.47. The molecule has 0 bridgehead atoms. The van der Waals surface area contributed by atoms with Crippen molar-refractivity contribution in [3.05, 3.63) is 65.4 Å². The van der Waals surface area contributed by atoms with Crippen LogP contribution in [0.25, 0.3) is 5.69 Å². The van der Waals surface area contributed by atoms with E-state index in [-0.39, 0.29) is 0 Å². The zero-order valence-electron chi connectivity index (χ0n) is 13.9. The fourth-order valence-corrected chi connectivity index (χ4v) is 3.31. The zero-order valence-corrected chi connectivity index (χ0v) is 14.7. The van der Waals surface area contributed by atoms with Crippen molar-refractivity contribution < 1.29 is 0 Å². The van der Waals surface area contributed by atoms with Gasteiger partial charge in [0.25, 0.3) is 0 Å². The molecule has 3 aromatic rings. The number of aromatic nitrogens is 4. The van der Waals surface area contributed by atoms with Crippen molar-refractivity contribution in [3.63, 3.8) is 0 Å². The summed E-state index contributed by atoms with van der Waals surface area (Å²) < 4.78 is 4.12. The normalized spacial score (nSPS) is 15.4. The molecule has 128 valence electrons. The summed E-state index contributed by atoms with van der Waals surface area (Å²) in [7, 11) is 0. The molecule has 0 N–H and O–H groups in total. The molecule has 1 saturated heterocycles. The number of piperazine rings is 1. The molecule has 2 aromatic carbocycles. The Morgan fingerprint density at radius 1 is 0.760 bits per heavy atom. The third-order valence-electron chi connectivity index (χ3n) is 4.47. The molecule has 0 unspecified atom stereocenters. The van der Waals surface area contributed by atoms with E-state index in [1.807, 2.05) is 30.3 Å². The Bertz CT molecular complexity index is 865. The SMILES string of the molecule is S=c1n(CN2CCN(c3ccccc3)CC2)nnn1-c1ccccc1.